The summed E-state index contributed by atoms with van der Waals surface area (Å²) in [6.45, 7) is 0.448. The normalized spacial score (nSPS) is 16.4. The summed E-state index contributed by atoms with van der Waals surface area (Å²) in [5, 5.41) is 13.9. The first-order valence-corrected chi connectivity index (χ1v) is 11.1. The van der Waals surface area contributed by atoms with Crippen LogP contribution in [0.5, 0.6) is 11.5 Å². The van der Waals surface area contributed by atoms with E-state index in [0.717, 1.165) is 24.0 Å². The summed E-state index contributed by atoms with van der Waals surface area (Å²) in [6.07, 6.45) is 6.36. The van der Waals surface area contributed by atoms with Crippen LogP contribution < -0.4 is 14.8 Å². The molecule has 10 nitrogen and oxygen atoms in total. The molecule has 2 heterocycles. The molecule has 176 valence electrons. The Morgan fingerprint density at radius 1 is 1.21 bits per heavy atom. The van der Waals surface area contributed by atoms with Crippen LogP contribution in [0.2, 0.25) is 0 Å². The summed E-state index contributed by atoms with van der Waals surface area (Å²) in [5.41, 5.74) is 2.53. The molecular formula is C24H24N4O6. The van der Waals surface area contributed by atoms with Crippen LogP contribution in [0.3, 0.4) is 0 Å². The highest BCUT2D eigenvalue weighted by atomic mass is 16.6. The molecule has 2 aromatic carbocycles. The van der Waals surface area contributed by atoms with E-state index < -0.39 is 4.92 Å². The second-order valence-corrected chi connectivity index (χ2v) is 8.35. The van der Waals surface area contributed by atoms with E-state index in [0.29, 0.717) is 29.1 Å². The van der Waals surface area contributed by atoms with Crippen molar-refractivity contribution in [2.75, 3.05) is 13.7 Å². The number of nitro groups is 1. The third kappa shape index (κ3) is 4.39. The molecule has 1 fully saturated rings. The van der Waals surface area contributed by atoms with Gasteiger partial charge in [0, 0.05) is 24.9 Å². The second-order valence-electron chi connectivity index (χ2n) is 8.35. The maximum absolute atomic E-state index is 12.5. The number of hydrogen-bond acceptors (Lipinski definition) is 7. The van der Waals surface area contributed by atoms with E-state index in [4.69, 9.17) is 13.9 Å². The fourth-order valence-corrected chi connectivity index (χ4v) is 4.30. The van der Waals surface area contributed by atoms with Gasteiger partial charge in [-0.3, -0.25) is 15.0 Å². The fourth-order valence-electron chi connectivity index (χ4n) is 4.30. The Kier molecular flexibility index (Phi) is 5.79. The summed E-state index contributed by atoms with van der Waals surface area (Å²) in [4.78, 5) is 28.8. The third-order valence-corrected chi connectivity index (χ3v) is 6.06. The van der Waals surface area contributed by atoms with Gasteiger partial charge in [0.2, 0.25) is 5.89 Å². The number of amides is 2. The van der Waals surface area contributed by atoms with Crippen molar-refractivity contribution in [2.24, 2.45) is 0 Å². The van der Waals surface area contributed by atoms with Gasteiger partial charge in [0.1, 0.15) is 12.1 Å². The van der Waals surface area contributed by atoms with Crippen molar-refractivity contribution in [3.63, 3.8) is 0 Å². The van der Waals surface area contributed by atoms with Crippen LogP contribution in [-0.4, -0.2) is 40.6 Å². The third-order valence-electron chi connectivity index (χ3n) is 6.06. The Balaban J connectivity index is 1.39. The van der Waals surface area contributed by atoms with Crippen molar-refractivity contribution < 1.29 is 23.6 Å². The molecule has 1 aliphatic heterocycles. The number of nitro benzene ring substituents is 1. The summed E-state index contributed by atoms with van der Waals surface area (Å²) in [5.74, 6) is 1.65. The number of non-ortho nitro benzene ring substituents is 1. The van der Waals surface area contributed by atoms with Gasteiger partial charge in [0.05, 0.1) is 18.1 Å². The molecule has 0 atom stereocenters. The van der Waals surface area contributed by atoms with Crippen LogP contribution in [-0.2, 0) is 6.54 Å². The van der Waals surface area contributed by atoms with Crippen molar-refractivity contribution in [3.8, 4) is 11.5 Å². The van der Waals surface area contributed by atoms with Crippen LogP contribution in [0.25, 0.3) is 16.7 Å². The Morgan fingerprint density at radius 3 is 2.79 bits per heavy atom. The molecule has 0 saturated heterocycles. The Hall–Kier alpha value is -4.08. The largest absolute Gasteiger partial charge is 0.493 e. The Bertz CT molecular complexity index is 1280. The van der Waals surface area contributed by atoms with Gasteiger partial charge in [-0.1, -0.05) is 6.07 Å². The highest BCUT2D eigenvalue weighted by molar-refractivity contribution is 5.84. The number of aromatic nitrogens is 1. The lowest BCUT2D eigenvalue weighted by molar-refractivity contribution is -0.384. The standard InChI is InChI=1S/C24H24N4O6/c1-32-21-8-6-15(10-22(21)33-18-4-2-3-5-18)16-12-25-24(29)27(13-16)14-23-26-19-11-17(28(30)31)7-9-20(19)34-23/h6-11,13,18H,2-5,12,14H2,1H3,(H,25,29). The van der Waals surface area contributed by atoms with Gasteiger partial charge >= 0.3 is 6.03 Å². The maximum Gasteiger partial charge on any atom is 0.322 e. The molecule has 10 heteroatoms. The SMILES string of the molecule is COc1ccc(C2=CN(Cc3nc4cc([N+](=O)[O-])ccc4o3)C(=O)NC2)cc1OC1CCCC1. The number of carbonyl (C=O) groups is 1. The van der Waals surface area contributed by atoms with E-state index in [1.807, 2.05) is 18.2 Å². The average molecular weight is 464 g/mol. The predicted molar refractivity (Wildman–Crippen MR) is 123 cm³/mol. The number of ether oxygens (including phenoxy) is 2. The minimum absolute atomic E-state index is 0.0691. The first-order chi connectivity index (χ1) is 16.5. The number of oxazole rings is 1. The molecular weight excluding hydrogens is 440 g/mol. The Labute approximate surface area is 195 Å². The molecule has 5 rings (SSSR count). The highest BCUT2D eigenvalue weighted by Crippen LogP contribution is 2.34. The Morgan fingerprint density at radius 2 is 2.03 bits per heavy atom. The molecule has 0 radical (unpaired) electrons. The van der Waals surface area contributed by atoms with Gasteiger partial charge in [-0.2, -0.15) is 0 Å². The van der Waals surface area contributed by atoms with Gasteiger partial charge in [-0.05, 0) is 55.0 Å². The number of hydrogen-bond donors (Lipinski definition) is 1. The van der Waals surface area contributed by atoms with Crippen LogP contribution in [0.1, 0.15) is 37.1 Å². The van der Waals surface area contributed by atoms with Crippen LogP contribution in [0, 0.1) is 10.1 Å². The average Bonchev–Trinajstić information content (AvgIpc) is 3.49. The van der Waals surface area contributed by atoms with E-state index in [1.165, 1.54) is 35.9 Å². The number of benzene rings is 2. The minimum atomic E-state index is -0.486. The number of fused-ring (bicyclic) bond motifs is 1. The highest BCUT2D eigenvalue weighted by Gasteiger charge is 2.23. The van der Waals surface area contributed by atoms with E-state index in [9.17, 15) is 14.9 Å². The zero-order chi connectivity index (χ0) is 23.7. The van der Waals surface area contributed by atoms with Gasteiger partial charge in [-0.15, -0.1) is 0 Å². The second kappa shape index (κ2) is 9.05. The quantitative estimate of drug-likeness (QED) is 0.400. The lowest BCUT2D eigenvalue weighted by atomic mass is 10.0. The zero-order valence-corrected chi connectivity index (χ0v) is 18.7. The molecule has 1 aliphatic carbocycles. The van der Waals surface area contributed by atoms with Gasteiger partial charge in [0.25, 0.3) is 5.69 Å². The molecule has 1 aromatic heterocycles. The van der Waals surface area contributed by atoms with Crippen molar-refractivity contribution in [1.29, 1.82) is 0 Å². The minimum Gasteiger partial charge on any atom is -0.493 e. The van der Waals surface area contributed by atoms with Crippen LogP contribution in [0.4, 0.5) is 10.5 Å². The van der Waals surface area contributed by atoms with Crippen molar-refractivity contribution in [3.05, 3.63) is 64.2 Å². The molecule has 0 bridgehead atoms. The number of nitrogens with zero attached hydrogens (tertiary/aromatic N) is 3. The first kappa shape index (κ1) is 21.7. The smallest absolute Gasteiger partial charge is 0.322 e. The van der Waals surface area contributed by atoms with Gasteiger partial charge < -0.3 is 19.2 Å². The predicted octanol–water partition coefficient (Wildman–Crippen LogP) is 4.63. The monoisotopic (exact) mass is 464 g/mol. The number of urea groups is 1. The molecule has 1 saturated carbocycles. The number of rotatable bonds is 7. The van der Waals surface area contributed by atoms with E-state index in [2.05, 4.69) is 10.3 Å². The number of carbonyl (C=O) groups excluding carboxylic acids is 1. The summed E-state index contributed by atoms with van der Waals surface area (Å²) in [7, 11) is 1.62. The molecule has 0 unspecified atom stereocenters. The fraction of sp³-hybridized carbons (Fsp3) is 0.333. The first-order valence-electron chi connectivity index (χ1n) is 11.1. The van der Waals surface area contributed by atoms with E-state index in [-0.39, 0.29) is 30.3 Å². The summed E-state index contributed by atoms with van der Waals surface area (Å²) < 4.78 is 17.4. The van der Waals surface area contributed by atoms with Crippen LogP contribution in [0.15, 0.2) is 47.0 Å². The summed E-state index contributed by atoms with van der Waals surface area (Å²) >= 11 is 0. The van der Waals surface area contributed by atoms with Gasteiger partial charge in [-0.25, -0.2) is 9.78 Å². The topological polar surface area (TPSA) is 120 Å². The maximum atomic E-state index is 12.5. The molecule has 2 amide bonds. The van der Waals surface area contributed by atoms with E-state index >= 15 is 0 Å². The van der Waals surface area contributed by atoms with Gasteiger partial charge in [0.15, 0.2) is 17.1 Å². The van der Waals surface area contributed by atoms with Crippen molar-refractivity contribution in [1.82, 2.24) is 15.2 Å². The molecule has 1 N–H and O–H groups in total. The summed E-state index contributed by atoms with van der Waals surface area (Å²) in [6, 6.07) is 9.67. The van der Waals surface area contributed by atoms with Crippen molar-refractivity contribution >= 4 is 28.4 Å². The van der Waals surface area contributed by atoms with Crippen molar-refractivity contribution in [2.45, 2.75) is 38.3 Å². The lowest BCUT2D eigenvalue weighted by Gasteiger charge is -2.25. The molecule has 3 aromatic rings. The lowest BCUT2D eigenvalue weighted by Crippen LogP contribution is -2.41. The molecule has 2 aliphatic rings. The zero-order valence-electron chi connectivity index (χ0n) is 18.7. The molecule has 0 spiro atoms. The van der Waals surface area contributed by atoms with Crippen LogP contribution >= 0.6 is 0 Å². The number of nitrogens with one attached hydrogen (secondary N) is 1. The van der Waals surface area contributed by atoms with E-state index in [1.54, 1.807) is 13.3 Å². The molecule has 34 heavy (non-hydrogen) atoms. The number of methoxy groups -OCH3 is 1.